The lowest BCUT2D eigenvalue weighted by Crippen LogP contribution is -2.44. The highest BCUT2D eigenvalue weighted by Gasteiger charge is 2.43. The van der Waals surface area contributed by atoms with Crippen LogP contribution >= 0.6 is 0 Å². The maximum Gasteiger partial charge on any atom is 0.165 e. The van der Waals surface area contributed by atoms with Crippen LogP contribution in [0.4, 0.5) is 0 Å². The molecule has 0 aromatic carbocycles. The van der Waals surface area contributed by atoms with Crippen LogP contribution in [-0.4, -0.2) is 42.9 Å². The van der Waals surface area contributed by atoms with Crippen LogP contribution in [0.3, 0.4) is 0 Å². The van der Waals surface area contributed by atoms with Crippen molar-refractivity contribution in [1.82, 2.24) is 0 Å². The third-order valence-electron chi connectivity index (χ3n) is 4.42. The lowest BCUT2D eigenvalue weighted by molar-refractivity contribution is -0.131. The van der Waals surface area contributed by atoms with Crippen molar-refractivity contribution in [3.8, 4) is 0 Å². The number of ether oxygens (including phenoxy) is 2. The zero-order valence-corrected chi connectivity index (χ0v) is 12.0. The Labute approximate surface area is 114 Å². The molecule has 4 heteroatoms. The second kappa shape index (κ2) is 5.19. The van der Waals surface area contributed by atoms with Gasteiger partial charge >= 0.3 is 0 Å². The van der Waals surface area contributed by atoms with Crippen molar-refractivity contribution in [2.75, 3.05) is 14.2 Å². The normalized spacial score (nSPS) is 34.9. The van der Waals surface area contributed by atoms with Crippen LogP contribution < -0.4 is 0 Å². The number of Topliss-reactive ketones (excluding diaryl/α,β-unsaturated/α-hetero) is 1. The van der Waals surface area contributed by atoms with Crippen molar-refractivity contribution in [3.63, 3.8) is 0 Å². The van der Waals surface area contributed by atoms with E-state index in [1.165, 1.54) is 6.92 Å². The van der Waals surface area contributed by atoms with Crippen molar-refractivity contribution < 1.29 is 19.4 Å². The maximum absolute atomic E-state index is 11.8. The van der Waals surface area contributed by atoms with Gasteiger partial charge < -0.3 is 14.6 Å². The Bertz CT molecular complexity index is 449. The summed E-state index contributed by atoms with van der Waals surface area (Å²) in [6, 6.07) is 0. The molecule has 0 heterocycles. The van der Waals surface area contributed by atoms with E-state index in [-0.39, 0.29) is 18.0 Å². The molecule has 0 aromatic heterocycles. The molecule has 0 aliphatic heterocycles. The van der Waals surface area contributed by atoms with E-state index >= 15 is 0 Å². The van der Waals surface area contributed by atoms with Gasteiger partial charge in [-0.2, -0.15) is 0 Å². The van der Waals surface area contributed by atoms with Crippen LogP contribution in [0.2, 0.25) is 0 Å². The fourth-order valence-electron chi connectivity index (χ4n) is 3.10. The molecule has 1 N–H and O–H groups in total. The summed E-state index contributed by atoms with van der Waals surface area (Å²) in [5, 5.41) is 10.6. The SMILES string of the molecule is COC1CCC(OC)C2=C1C=C(C)C(O)(C(C)=O)C2. The van der Waals surface area contributed by atoms with E-state index < -0.39 is 5.60 Å². The van der Waals surface area contributed by atoms with E-state index in [0.29, 0.717) is 12.0 Å². The van der Waals surface area contributed by atoms with Gasteiger partial charge in [-0.1, -0.05) is 6.08 Å². The first kappa shape index (κ1) is 14.4. The zero-order valence-electron chi connectivity index (χ0n) is 12.0. The number of carbonyl (C=O) groups is 1. The maximum atomic E-state index is 11.8. The quantitative estimate of drug-likeness (QED) is 0.846. The van der Waals surface area contributed by atoms with Crippen molar-refractivity contribution in [1.29, 1.82) is 0 Å². The summed E-state index contributed by atoms with van der Waals surface area (Å²) in [6.45, 7) is 3.23. The zero-order chi connectivity index (χ0) is 14.2. The minimum absolute atomic E-state index is 0.0309. The van der Waals surface area contributed by atoms with Crippen molar-refractivity contribution in [3.05, 3.63) is 22.8 Å². The predicted molar refractivity (Wildman–Crippen MR) is 71.9 cm³/mol. The topological polar surface area (TPSA) is 55.8 Å². The molecule has 0 saturated heterocycles. The predicted octanol–water partition coefficient (Wildman–Crippen LogP) is 1.78. The molecule has 4 nitrogen and oxygen atoms in total. The van der Waals surface area contributed by atoms with E-state index in [9.17, 15) is 9.90 Å². The molecule has 106 valence electrons. The number of carbonyl (C=O) groups excluding carboxylic acids is 1. The Hall–Kier alpha value is -0.970. The van der Waals surface area contributed by atoms with Gasteiger partial charge in [0.15, 0.2) is 5.78 Å². The van der Waals surface area contributed by atoms with Crippen molar-refractivity contribution >= 4 is 5.78 Å². The third-order valence-corrected chi connectivity index (χ3v) is 4.42. The summed E-state index contributed by atoms with van der Waals surface area (Å²) in [4.78, 5) is 11.8. The highest BCUT2D eigenvalue weighted by molar-refractivity contribution is 5.89. The Balaban J connectivity index is 2.46. The van der Waals surface area contributed by atoms with Gasteiger partial charge in [-0.3, -0.25) is 4.79 Å². The molecular weight excluding hydrogens is 244 g/mol. The highest BCUT2D eigenvalue weighted by Crippen LogP contribution is 2.41. The molecule has 3 unspecified atom stereocenters. The number of hydrogen-bond donors (Lipinski definition) is 1. The van der Waals surface area contributed by atoms with Crippen LogP contribution in [0.1, 0.15) is 33.1 Å². The first-order valence-electron chi connectivity index (χ1n) is 6.64. The average Bonchev–Trinajstić information content (AvgIpc) is 2.38. The first-order valence-corrected chi connectivity index (χ1v) is 6.64. The number of methoxy groups -OCH3 is 2. The Morgan fingerprint density at radius 1 is 1.32 bits per heavy atom. The van der Waals surface area contributed by atoms with E-state index in [4.69, 9.17) is 9.47 Å². The molecule has 3 atom stereocenters. The van der Waals surface area contributed by atoms with Gasteiger partial charge in [-0.25, -0.2) is 0 Å². The summed E-state index contributed by atoms with van der Waals surface area (Å²) >= 11 is 0. The number of hydrogen-bond acceptors (Lipinski definition) is 4. The molecule has 0 fully saturated rings. The van der Waals surface area contributed by atoms with Crippen LogP contribution in [0.15, 0.2) is 22.8 Å². The van der Waals surface area contributed by atoms with E-state index in [0.717, 1.165) is 24.0 Å². The summed E-state index contributed by atoms with van der Waals surface area (Å²) in [6.07, 6.45) is 3.98. The lowest BCUT2D eigenvalue weighted by atomic mass is 9.72. The molecule has 2 aliphatic rings. The molecule has 0 bridgehead atoms. The molecule has 2 aliphatic carbocycles. The number of rotatable bonds is 3. The van der Waals surface area contributed by atoms with Gasteiger partial charge in [0.1, 0.15) is 5.60 Å². The Kier molecular flexibility index (Phi) is 3.95. The third kappa shape index (κ3) is 2.29. The second-order valence-electron chi connectivity index (χ2n) is 5.43. The molecule has 19 heavy (non-hydrogen) atoms. The minimum Gasteiger partial charge on any atom is -0.377 e. The van der Waals surface area contributed by atoms with Gasteiger partial charge in [0.05, 0.1) is 12.2 Å². The van der Waals surface area contributed by atoms with Crippen molar-refractivity contribution in [2.24, 2.45) is 0 Å². The van der Waals surface area contributed by atoms with E-state index in [1.807, 2.05) is 6.08 Å². The standard InChI is InChI=1S/C15H22O4/c1-9-7-11-12(8-15(9,17)10(2)16)14(19-4)6-5-13(11)18-3/h7,13-14,17H,5-6,8H2,1-4H3. The van der Waals surface area contributed by atoms with Crippen LogP contribution in [0.25, 0.3) is 0 Å². The molecule has 0 aromatic rings. The molecule has 0 saturated carbocycles. The summed E-state index contributed by atoms with van der Waals surface area (Å²) < 4.78 is 11.0. The van der Waals surface area contributed by atoms with Gasteiger partial charge in [0.25, 0.3) is 0 Å². The van der Waals surface area contributed by atoms with Gasteiger partial charge in [0, 0.05) is 20.6 Å². The van der Waals surface area contributed by atoms with Crippen molar-refractivity contribution in [2.45, 2.75) is 50.9 Å². The van der Waals surface area contributed by atoms with E-state index in [1.54, 1.807) is 21.1 Å². The second-order valence-corrected chi connectivity index (χ2v) is 5.43. The fourth-order valence-corrected chi connectivity index (χ4v) is 3.10. The summed E-state index contributed by atoms with van der Waals surface area (Å²) in [7, 11) is 3.36. The number of ketones is 1. The Morgan fingerprint density at radius 2 is 1.89 bits per heavy atom. The monoisotopic (exact) mass is 266 g/mol. The molecular formula is C15H22O4. The first-order chi connectivity index (χ1) is 8.93. The molecule has 2 rings (SSSR count). The number of aliphatic hydroxyl groups is 1. The fraction of sp³-hybridized carbons (Fsp3) is 0.667. The Morgan fingerprint density at radius 3 is 2.42 bits per heavy atom. The van der Waals surface area contributed by atoms with Gasteiger partial charge in [-0.05, 0) is 43.4 Å². The van der Waals surface area contributed by atoms with Gasteiger partial charge in [-0.15, -0.1) is 0 Å². The van der Waals surface area contributed by atoms with Crippen LogP contribution in [0.5, 0.6) is 0 Å². The molecule has 0 radical (unpaired) electrons. The summed E-state index contributed by atoms with van der Waals surface area (Å²) in [5.41, 5.74) is 1.39. The highest BCUT2D eigenvalue weighted by atomic mass is 16.5. The van der Waals surface area contributed by atoms with Crippen LogP contribution in [0, 0.1) is 0 Å². The smallest absolute Gasteiger partial charge is 0.165 e. The van der Waals surface area contributed by atoms with Crippen LogP contribution in [-0.2, 0) is 14.3 Å². The summed E-state index contributed by atoms with van der Waals surface area (Å²) in [5.74, 6) is -0.220. The largest absolute Gasteiger partial charge is 0.377 e. The minimum atomic E-state index is -1.38. The molecule has 0 spiro atoms. The molecule has 0 amide bonds. The van der Waals surface area contributed by atoms with E-state index in [2.05, 4.69) is 0 Å². The van der Waals surface area contributed by atoms with Gasteiger partial charge in [0.2, 0.25) is 0 Å². The lowest BCUT2D eigenvalue weighted by Gasteiger charge is -2.40. The average molecular weight is 266 g/mol.